The number of halogens is 1. The molecule has 0 aromatic heterocycles. The van der Waals surface area contributed by atoms with Gasteiger partial charge in [-0.15, -0.1) is 0 Å². The molecule has 0 radical (unpaired) electrons. The number of rotatable bonds is 7. The predicted octanol–water partition coefficient (Wildman–Crippen LogP) is 3.89. The Kier molecular flexibility index (Phi) is 6.96. The molecule has 1 amide bonds. The van der Waals surface area contributed by atoms with Crippen LogP contribution in [0.5, 0.6) is 5.75 Å². The molecule has 0 aliphatic carbocycles. The number of nitrogens with one attached hydrogen (secondary N) is 1. The van der Waals surface area contributed by atoms with Crippen LogP contribution in [0.1, 0.15) is 13.3 Å². The maximum absolute atomic E-state index is 11.0. The Balaban J connectivity index is 1.34. The minimum absolute atomic E-state index is 0.0703. The molecule has 5 nitrogen and oxygen atoms in total. The van der Waals surface area contributed by atoms with E-state index in [-0.39, 0.29) is 5.91 Å². The third-order valence-electron chi connectivity index (χ3n) is 4.61. The second-order valence-electron chi connectivity index (χ2n) is 6.72. The SMILES string of the molecule is CC(=O)Nc1ccc(OCCCN2CCN(c3cccc(Cl)c3)CC2)cc1. The molecule has 1 N–H and O–H groups in total. The lowest BCUT2D eigenvalue weighted by Crippen LogP contribution is -2.46. The minimum atomic E-state index is -0.0703. The standard InChI is InChI=1S/C21H26ClN3O2/c1-17(26)23-19-6-8-21(9-7-19)27-15-3-10-24-11-13-25(14-12-24)20-5-2-4-18(22)16-20/h2,4-9,16H,3,10-15H2,1H3,(H,23,26). The first-order chi connectivity index (χ1) is 13.1. The van der Waals surface area contributed by atoms with Gasteiger partial charge in [-0.1, -0.05) is 17.7 Å². The Morgan fingerprint density at radius 3 is 2.52 bits per heavy atom. The van der Waals surface area contributed by atoms with Crippen molar-refractivity contribution in [2.24, 2.45) is 0 Å². The molecule has 1 heterocycles. The van der Waals surface area contributed by atoms with E-state index in [1.165, 1.54) is 12.6 Å². The number of benzene rings is 2. The summed E-state index contributed by atoms with van der Waals surface area (Å²) in [7, 11) is 0. The van der Waals surface area contributed by atoms with Crippen LogP contribution >= 0.6 is 11.6 Å². The second-order valence-corrected chi connectivity index (χ2v) is 7.15. The molecule has 2 aromatic rings. The second kappa shape index (κ2) is 9.62. The normalized spacial score (nSPS) is 14.8. The van der Waals surface area contributed by atoms with E-state index in [1.807, 2.05) is 42.5 Å². The quantitative estimate of drug-likeness (QED) is 0.732. The number of ether oxygens (including phenoxy) is 1. The molecule has 3 rings (SSSR count). The van der Waals surface area contributed by atoms with Crippen LogP contribution in [0.3, 0.4) is 0 Å². The van der Waals surface area contributed by atoms with Gasteiger partial charge in [-0.2, -0.15) is 0 Å². The van der Waals surface area contributed by atoms with Gasteiger partial charge < -0.3 is 15.0 Å². The molecule has 27 heavy (non-hydrogen) atoms. The third-order valence-corrected chi connectivity index (χ3v) is 4.84. The van der Waals surface area contributed by atoms with Crippen molar-refractivity contribution in [1.82, 2.24) is 4.90 Å². The number of carbonyl (C=O) groups excluding carboxylic acids is 1. The van der Waals surface area contributed by atoms with Crippen LogP contribution < -0.4 is 15.0 Å². The number of hydrogen-bond donors (Lipinski definition) is 1. The zero-order chi connectivity index (χ0) is 19.1. The summed E-state index contributed by atoms with van der Waals surface area (Å²) in [6.07, 6.45) is 0.991. The highest BCUT2D eigenvalue weighted by Gasteiger charge is 2.16. The Labute approximate surface area is 165 Å². The van der Waals surface area contributed by atoms with E-state index in [2.05, 4.69) is 21.2 Å². The summed E-state index contributed by atoms with van der Waals surface area (Å²) in [4.78, 5) is 15.9. The molecule has 1 aliphatic heterocycles. The van der Waals surface area contributed by atoms with Crippen molar-refractivity contribution in [3.63, 3.8) is 0 Å². The first-order valence-corrected chi connectivity index (χ1v) is 9.71. The van der Waals surface area contributed by atoms with Crippen molar-refractivity contribution in [2.45, 2.75) is 13.3 Å². The van der Waals surface area contributed by atoms with Crippen molar-refractivity contribution in [3.05, 3.63) is 53.6 Å². The van der Waals surface area contributed by atoms with Gasteiger partial charge in [-0.25, -0.2) is 0 Å². The average molecular weight is 388 g/mol. The van der Waals surface area contributed by atoms with Crippen LogP contribution in [0, 0.1) is 0 Å². The first-order valence-electron chi connectivity index (χ1n) is 9.33. The van der Waals surface area contributed by atoms with Crippen molar-refractivity contribution in [2.75, 3.05) is 49.5 Å². The molecule has 6 heteroatoms. The van der Waals surface area contributed by atoms with Gasteiger partial charge in [-0.05, 0) is 48.9 Å². The van der Waals surface area contributed by atoms with Gasteiger partial charge in [-0.3, -0.25) is 9.69 Å². The van der Waals surface area contributed by atoms with Gasteiger partial charge in [0.15, 0.2) is 0 Å². The van der Waals surface area contributed by atoms with Gasteiger partial charge >= 0.3 is 0 Å². The Morgan fingerprint density at radius 1 is 1.11 bits per heavy atom. The number of carbonyl (C=O) groups is 1. The monoisotopic (exact) mass is 387 g/mol. The zero-order valence-corrected chi connectivity index (χ0v) is 16.4. The van der Waals surface area contributed by atoms with Crippen molar-refractivity contribution in [3.8, 4) is 5.75 Å². The average Bonchev–Trinajstić information content (AvgIpc) is 2.66. The molecule has 0 saturated carbocycles. The van der Waals surface area contributed by atoms with E-state index in [9.17, 15) is 4.79 Å². The van der Waals surface area contributed by atoms with Crippen LogP contribution in [0.2, 0.25) is 5.02 Å². The Bertz CT molecular complexity index is 743. The lowest BCUT2D eigenvalue weighted by Gasteiger charge is -2.36. The maximum Gasteiger partial charge on any atom is 0.221 e. The van der Waals surface area contributed by atoms with E-state index in [0.29, 0.717) is 6.61 Å². The van der Waals surface area contributed by atoms with Crippen LogP contribution in [0.25, 0.3) is 0 Å². The van der Waals surface area contributed by atoms with Crippen LogP contribution in [-0.4, -0.2) is 50.1 Å². The Morgan fingerprint density at radius 2 is 1.85 bits per heavy atom. The maximum atomic E-state index is 11.0. The van der Waals surface area contributed by atoms with E-state index < -0.39 is 0 Å². The fraction of sp³-hybridized carbons (Fsp3) is 0.381. The van der Waals surface area contributed by atoms with E-state index >= 15 is 0 Å². The van der Waals surface area contributed by atoms with Gasteiger partial charge in [0, 0.05) is 56.0 Å². The molecular weight excluding hydrogens is 362 g/mol. The molecule has 1 aliphatic rings. The number of amides is 1. The molecule has 0 spiro atoms. The number of nitrogens with zero attached hydrogens (tertiary/aromatic N) is 2. The van der Waals surface area contributed by atoms with Gasteiger partial charge in [0.05, 0.1) is 6.61 Å². The fourth-order valence-electron chi connectivity index (χ4n) is 3.22. The first kappa shape index (κ1) is 19.5. The molecular formula is C21H26ClN3O2. The highest BCUT2D eigenvalue weighted by Crippen LogP contribution is 2.21. The Hall–Kier alpha value is -2.24. The molecule has 0 unspecified atom stereocenters. The van der Waals surface area contributed by atoms with Crippen molar-refractivity contribution < 1.29 is 9.53 Å². The summed E-state index contributed by atoms with van der Waals surface area (Å²) in [5, 5.41) is 3.54. The lowest BCUT2D eigenvalue weighted by atomic mass is 10.2. The summed E-state index contributed by atoms with van der Waals surface area (Å²) < 4.78 is 5.80. The lowest BCUT2D eigenvalue weighted by molar-refractivity contribution is -0.114. The van der Waals surface area contributed by atoms with Crippen molar-refractivity contribution >= 4 is 28.9 Å². The summed E-state index contributed by atoms with van der Waals surface area (Å²) in [6.45, 7) is 7.37. The van der Waals surface area contributed by atoms with Crippen LogP contribution in [0.4, 0.5) is 11.4 Å². The van der Waals surface area contributed by atoms with Crippen molar-refractivity contribution in [1.29, 1.82) is 0 Å². The largest absolute Gasteiger partial charge is 0.494 e. The van der Waals surface area contributed by atoms with Gasteiger partial charge in [0.25, 0.3) is 0 Å². The van der Waals surface area contributed by atoms with E-state index in [4.69, 9.17) is 16.3 Å². The minimum Gasteiger partial charge on any atom is -0.494 e. The molecule has 1 saturated heterocycles. The summed E-state index contributed by atoms with van der Waals surface area (Å²) >= 11 is 6.09. The smallest absolute Gasteiger partial charge is 0.221 e. The van der Waals surface area contributed by atoms with Gasteiger partial charge in [0.2, 0.25) is 5.91 Å². The topological polar surface area (TPSA) is 44.8 Å². The summed E-state index contributed by atoms with van der Waals surface area (Å²) in [5.41, 5.74) is 1.99. The fourth-order valence-corrected chi connectivity index (χ4v) is 3.40. The number of piperazine rings is 1. The molecule has 0 bridgehead atoms. The van der Waals surface area contributed by atoms with Gasteiger partial charge in [0.1, 0.15) is 5.75 Å². The van der Waals surface area contributed by atoms with Crippen LogP contribution in [-0.2, 0) is 4.79 Å². The highest BCUT2D eigenvalue weighted by molar-refractivity contribution is 6.30. The molecule has 144 valence electrons. The van der Waals surface area contributed by atoms with E-state index in [0.717, 1.165) is 55.6 Å². The zero-order valence-electron chi connectivity index (χ0n) is 15.7. The number of anilines is 2. The van der Waals surface area contributed by atoms with E-state index in [1.54, 1.807) is 0 Å². The molecule has 0 atom stereocenters. The number of hydrogen-bond acceptors (Lipinski definition) is 4. The van der Waals surface area contributed by atoms with Crippen LogP contribution in [0.15, 0.2) is 48.5 Å². The predicted molar refractivity (Wildman–Crippen MR) is 111 cm³/mol. The third kappa shape index (κ3) is 6.15. The molecule has 2 aromatic carbocycles. The molecule has 1 fully saturated rings. The summed E-state index contributed by atoms with van der Waals surface area (Å²) in [5.74, 6) is 0.758. The summed E-state index contributed by atoms with van der Waals surface area (Å²) in [6, 6.07) is 15.5. The highest BCUT2D eigenvalue weighted by atomic mass is 35.5.